The highest BCUT2D eigenvalue weighted by Gasteiger charge is 2.38. The summed E-state index contributed by atoms with van der Waals surface area (Å²) in [6, 6.07) is 28.0. The topological polar surface area (TPSA) is 102 Å². The highest BCUT2D eigenvalue weighted by molar-refractivity contribution is 7.58. The molecule has 0 saturated heterocycles. The Morgan fingerprint density at radius 2 is 1.38 bits per heavy atom. The molecule has 3 aromatic carbocycles. The van der Waals surface area contributed by atoms with Gasteiger partial charge >= 0.3 is 12.1 Å². The van der Waals surface area contributed by atoms with Crippen molar-refractivity contribution in [2.45, 2.75) is 38.6 Å². The summed E-state index contributed by atoms with van der Waals surface area (Å²) >= 11 is 0. The van der Waals surface area contributed by atoms with Crippen molar-refractivity contribution in [3.8, 4) is 0 Å². The Bertz CT molecular complexity index is 1160. The molecule has 3 aromatic rings. The van der Waals surface area contributed by atoms with Crippen LogP contribution in [0.3, 0.4) is 0 Å². The van der Waals surface area contributed by atoms with Crippen LogP contribution in [0.5, 0.6) is 0 Å². The third kappa shape index (κ3) is 9.52. The van der Waals surface area contributed by atoms with E-state index in [-0.39, 0.29) is 32.2 Å². The fourth-order valence-electron chi connectivity index (χ4n) is 4.05. The summed E-state index contributed by atoms with van der Waals surface area (Å²) in [5.41, 5.74) is 2.63. The monoisotopic (exact) mass is 523 g/mol. The van der Waals surface area contributed by atoms with Crippen molar-refractivity contribution in [1.82, 2.24) is 5.32 Å². The van der Waals surface area contributed by atoms with Crippen LogP contribution in [0.4, 0.5) is 4.79 Å². The smallest absolute Gasteiger partial charge is 0.408 e. The fraction of sp³-hybridized carbons (Fsp3) is 0.310. The van der Waals surface area contributed by atoms with Gasteiger partial charge in [0, 0.05) is 6.16 Å². The number of alkyl carbamates (subject to hydrolysis) is 1. The lowest BCUT2D eigenvalue weighted by atomic mass is 10.0. The van der Waals surface area contributed by atoms with Gasteiger partial charge < -0.3 is 19.7 Å². The Kier molecular flexibility index (Phi) is 10.9. The maximum absolute atomic E-state index is 13.7. The first kappa shape index (κ1) is 28.2. The van der Waals surface area contributed by atoms with Crippen LogP contribution >= 0.6 is 7.37 Å². The van der Waals surface area contributed by atoms with Crippen LogP contribution in [-0.2, 0) is 38.3 Å². The highest BCUT2D eigenvalue weighted by atomic mass is 31.2. The average molecular weight is 524 g/mol. The molecule has 1 amide bonds. The van der Waals surface area contributed by atoms with E-state index in [1.807, 2.05) is 91.0 Å². The predicted octanol–water partition coefficient (Wildman–Crippen LogP) is 5.56. The molecule has 37 heavy (non-hydrogen) atoms. The van der Waals surface area contributed by atoms with Crippen LogP contribution in [0.25, 0.3) is 0 Å². The minimum absolute atomic E-state index is 0.0350. The lowest BCUT2D eigenvalue weighted by Crippen LogP contribution is -2.37. The van der Waals surface area contributed by atoms with Crippen LogP contribution in [0, 0.1) is 5.92 Å². The number of carbonyl (C=O) groups excluding carboxylic acids is 2. The van der Waals surface area contributed by atoms with Crippen molar-refractivity contribution >= 4 is 19.4 Å². The number of hydrogen-bond donors (Lipinski definition) is 2. The zero-order chi connectivity index (χ0) is 26.5. The number of nitrogens with one attached hydrogen (secondary N) is 1. The number of rotatable bonds is 13. The molecule has 8 heteroatoms. The first-order chi connectivity index (χ1) is 17.9. The summed E-state index contributed by atoms with van der Waals surface area (Å²) in [5, 5.41) is 2.61. The average Bonchev–Trinajstić information content (AvgIpc) is 2.91. The molecule has 2 N–H and O–H groups in total. The van der Waals surface area contributed by atoms with Gasteiger partial charge in [0.25, 0.3) is 0 Å². The fourth-order valence-corrected chi connectivity index (χ4v) is 6.05. The van der Waals surface area contributed by atoms with E-state index < -0.39 is 31.1 Å². The Morgan fingerprint density at radius 1 is 0.838 bits per heavy atom. The van der Waals surface area contributed by atoms with Crippen LogP contribution in [0.15, 0.2) is 91.0 Å². The van der Waals surface area contributed by atoms with E-state index in [4.69, 9.17) is 9.47 Å². The molecule has 0 fully saturated rings. The van der Waals surface area contributed by atoms with Gasteiger partial charge in [0.15, 0.2) is 0 Å². The second kappa shape index (κ2) is 14.4. The number of aryl methyl sites for hydroxylation is 1. The van der Waals surface area contributed by atoms with Gasteiger partial charge in [-0.25, -0.2) is 4.79 Å². The van der Waals surface area contributed by atoms with Crippen molar-refractivity contribution in [3.63, 3.8) is 0 Å². The molecule has 7 nitrogen and oxygen atoms in total. The van der Waals surface area contributed by atoms with Gasteiger partial charge in [0.2, 0.25) is 7.37 Å². The lowest BCUT2D eigenvalue weighted by Gasteiger charge is -2.27. The van der Waals surface area contributed by atoms with Crippen molar-refractivity contribution < 1.29 is 28.5 Å². The van der Waals surface area contributed by atoms with Gasteiger partial charge in [-0.05, 0) is 42.9 Å². The zero-order valence-electron chi connectivity index (χ0n) is 21.0. The van der Waals surface area contributed by atoms with Crippen LogP contribution in [-0.4, -0.2) is 35.5 Å². The number of ether oxygens (including phenoxy) is 2. The molecule has 3 unspecified atom stereocenters. The SMILES string of the molecule is CCOC(=O)C(Cc1ccccc1)CP(=O)(O)C(CCc1ccccc1)NC(=O)OCc1ccccc1. The summed E-state index contributed by atoms with van der Waals surface area (Å²) < 4.78 is 24.3. The molecule has 0 bridgehead atoms. The van der Waals surface area contributed by atoms with Crippen molar-refractivity contribution in [1.29, 1.82) is 0 Å². The third-order valence-corrected chi connectivity index (χ3v) is 8.29. The predicted molar refractivity (Wildman–Crippen MR) is 143 cm³/mol. The van der Waals surface area contributed by atoms with Crippen LogP contribution in [0.1, 0.15) is 30.0 Å². The molecule has 3 rings (SSSR count). The molecule has 0 aliphatic rings. The van der Waals surface area contributed by atoms with Gasteiger partial charge in [-0.15, -0.1) is 0 Å². The summed E-state index contributed by atoms with van der Waals surface area (Å²) in [7, 11) is -4.07. The zero-order valence-corrected chi connectivity index (χ0v) is 21.9. The van der Waals surface area contributed by atoms with E-state index >= 15 is 0 Å². The molecule has 0 aliphatic carbocycles. The standard InChI is InChI=1S/C29H34NO6P/c1-2-35-28(31)26(20-24-14-8-4-9-15-24)22-37(33,34)27(19-18-23-12-6-3-7-13-23)30-29(32)36-21-25-16-10-5-11-17-25/h3-17,26-27H,2,18-22H2,1H3,(H,30,32)(H,33,34). The Hall–Kier alpha value is -3.41. The molecule has 0 saturated carbocycles. The van der Waals surface area contributed by atoms with Gasteiger partial charge in [-0.3, -0.25) is 9.36 Å². The summed E-state index contributed by atoms with van der Waals surface area (Å²) in [5.74, 6) is -2.46. The Balaban J connectivity index is 1.75. The maximum Gasteiger partial charge on any atom is 0.408 e. The quantitative estimate of drug-likeness (QED) is 0.225. The number of amides is 1. The second-order valence-corrected chi connectivity index (χ2v) is 11.3. The molecule has 0 radical (unpaired) electrons. The summed E-state index contributed by atoms with van der Waals surface area (Å²) in [6.07, 6.45) is -0.170. The number of carbonyl (C=O) groups is 2. The Labute approximate surface area is 218 Å². The first-order valence-corrected chi connectivity index (χ1v) is 14.3. The normalized spacial score (nSPS) is 14.1. The molecule has 0 spiro atoms. The third-order valence-electron chi connectivity index (χ3n) is 5.96. The molecular weight excluding hydrogens is 489 g/mol. The molecule has 0 aliphatic heterocycles. The molecule has 3 atom stereocenters. The first-order valence-electron chi connectivity index (χ1n) is 12.4. The van der Waals surface area contributed by atoms with Crippen molar-refractivity contribution in [2.24, 2.45) is 5.92 Å². The van der Waals surface area contributed by atoms with E-state index in [9.17, 15) is 19.0 Å². The van der Waals surface area contributed by atoms with Crippen LogP contribution < -0.4 is 5.32 Å². The largest absolute Gasteiger partial charge is 0.466 e. The minimum atomic E-state index is -4.07. The van der Waals surface area contributed by atoms with Gasteiger partial charge in [0.1, 0.15) is 12.4 Å². The van der Waals surface area contributed by atoms with Gasteiger partial charge in [-0.1, -0.05) is 91.0 Å². The van der Waals surface area contributed by atoms with Crippen molar-refractivity contribution in [3.05, 3.63) is 108 Å². The molecule has 0 heterocycles. The van der Waals surface area contributed by atoms with Crippen LogP contribution in [0.2, 0.25) is 0 Å². The molecular formula is C29H34NO6P. The van der Waals surface area contributed by atoms with Gasteiger partial charge in [0.05, 0.1) is 12.5 Å². The number of hydrogen-bond acceptors (Lipinski definition) is 5. The highest BCUT2D eigenvalue weighted by Crippen LogP contribution is 2.49. The van der Waals surface area contributed by atoms with Gasteiger partial charge in [-0.2, -0.15) is 0 Å². The number of benzene rings is 3. The van der Waals surface area contributed by atoms with E-state index in [2.05, 4.69) is 5.32 Å². The van der Waals surface area contributed by atoms with E-state index in [1.165, 1.54) is 0 Å². The Morgan fingerprint density at radius 3 is 1.95 bits per heavy atom. The lowest BCUT2D eigenvalue weighted by molar-refractivity contribution is -0.147. The minimum Gasteiger partial charge on any atom is -0.466 e. The van der Waals surface area contributed by atoms with E-state index in [0.29, 0.717) is 6.42 Å². The van der Waals surface area contributed by atoms with Crippen molar-refractivity contribution in [2.75, 3.05) is 12.8 Å². The van der Waals surface area contributed by atoms with E-state index in [0.717, 1.165) is 16.7 Å². The second-order valence-electron chi connectivity index (χ2n) is 8.82. The summed E-state index contributed by atoms with van der Waals surface area (Å²) in [6.45, 7) is 1.90. The summed E-state index contributed by atoms with van der Waals surface area (Å²) in [4.78, 5) is 36.6. The number of esters is 1. The molecule has 0 aromatic heterocycles. The van der Waals surface area contributed by atoms with E-state index in [1.54, 1.807) is 6.92 Å². The molecule has 196 valence electrons. The maximum atomic E-state index is 13.7.